The zero-order valence-electron chi connectivity index (χ0n) is 9.47. The molecule has 16 heavy (non-hydrogen) atoms. The standard InChI is InChI=1S/C13H17F2N/c1-9-3-2-4-13(9,8-16)10-5-11(14)7-12(15)6-10/h5-7,9H,2-4,8,16H2,1H3. The highest BCUT2D eigenvalue weighted by Crippen LogP contribution is 2.45. The van der Waals surface area contributed by atoms with E-state index in [1.165, 1.54) is 12.1 Å². The summed E-state index contributed by atoms with van der Waals surface area (Å²) in [6.45, 7) is 2.57. The summed E-state index contributed by atoms with van der Waals surface area (Å²) in [6, 6.07) is 3.77. The van der Waals surface area contributed by atoms with E-state index in [2.05, 4.69) is 6.92 Å². The first-order chi connectivity index (χ1) is 7.58. The third-order valence-corrected chi connectivity index (χ3v) is 4.01. The molecule has 1 aromatic rings. The molecule has 2 unspecified atom stereocenters. The minimum Gasteiger partial charge on any atom is -0.330 e. The lowest BCUT2D eigenvalue weighted by molar-refractivity contribution is 0.343. The average Bonchev–Trinajstić information content (AvgIpc) is 2.59. The van der Waals surface area contributed by atoms with Gasteiger partial charge in [0, 0.05) is 18.0 Å². The van der Waals surface area contributed by atoms with Crippen molar-refractivity contribution in [3.63, 3.8) is 0 Å². The van der Waals surface area contributed by atoms with E-state index in [4.69, 9.17) is 5.73 Å². The van der Waals surface area contributed by atoms with Gasteiger partial charge in [-0.25, -0.2) is 8.78 Å². The molecule has 1 fully saturated rings. The van der Waals surface area contributed by atoms with Crippen LogP contribution in [0.25, 0.3) is 0 Å². The van der Waals surface area contributed by atoms with Crippen molar-refractivity contribution in [2.75, 3.05) is 6.54 Å². The van der Waals surface area contributed by atoms with Gasteiger partial charge in [0.2, 0.25) is 0 Å². The molecule has 0 spiro atoms. The second-order valence-corrected chi connectivity index (χ2v) is 4.81. The van der Waals surface area contributed by atoms with Crippen molar-refractivity contribution in [1.82, 2.24) is 0 Å². The van der Waals surface area contributed by atoms with Crippen molar-refractivity contribution in [2.45, 2.75) is 31.6 Å². The molecule has 2 atom stereocenters. The Bertz CT molecular complexity index is 371. The van der Waals surface area contributed by atoms with Gasteiger partial charge in [0.05, 0.1) is 0 Å². The van der Waals surface area contributed by atoms with Gasteiger partial charge in [-0.1, -0.05) is 13.3 Å². The first kappa shape index (κ1) is 11.5. The van der Waals surface area contributed by atoms with E-state index in [9.17, 15) is 8.78 Å². The second kappa shape index (κ2) is 4.13. The van der Waals surface area contributed by atoms with E-state index in [0.717, 1.165) is 30.9 Å². The highest BCUT2D eigenvalue weighted by molar-refractivity contribution is 5.29. The quantitative estimate of drug-likeness (QED) is 0.822. The maximum atomic E-state index is 13.2. The maximum Gasteiger partial charge on any atom is 0.126 e. The number of halogens is 2. The van der Waals surface area contributed by atoms with Crippen molar-refractivity contribution in [3.8, 4) is 0 Å². The van der Waals surface area contributed by atoms with Gasteiger partial charge >= 0.3 is 0 Å². The van der Waals surface area contributed by atoms with Crippen LogP contribution in [0.3, 0.4) is 0 Å². The molecule has 1 aliphatic carbocycles. The minimum absolute atomic E-state index is 0.233. The van der Waals surface area contributed by atoms with Crippen LogP contribution in [0.5, 0.6) is 0 Å². The molecule has 0 heterocycles. The lowest BCUT2D eigenvalue weighted by Crippen LogP contribution is -2.37. The molecule has 0 bridgehead atoms. The molecule has 1 aromatic carbocycles. The summed E-state index contributed by atoms with van der Waals surface area (Å²) >= 11 is 0. The molecule has 1 aliphatic rings. The van der Waals surface area contributed by atoms with Crippen LogP contribution in [0.4, 0.5) is 8.78 Å². The van der Waals surface area contributed by atoms with Crippen molar-refractivity contribution in [2.24, 2.45) is 11.7 Å². The molecule has 88 valence electrons. The molecule has 3 heteroatoms. The number of hydrogen-bond donors (Lipinski definition) is 1. The molecule has 0 saturated heterocycles. The third-order valence-electron chi connectivity index (χ3n) is 4.01. The fourth-order valence-corrected chi connectivity index (χ4v) is 2.94. The zero-order chi connectivity index (χ0) is 11.8. The van der Waals surface area contributed by atoms with Crippen LogP contribution in [0.2, 0.25) is 0 Å². The molecule has 0 amide bonds. The molecule has 2 rings (SSSR count). The average molecular weight is 225 g/mol. The van der Waals surface area contributed by atoms with Crippen molar-refractivity contribution in [1.29, 1.82) is 0 Å². The second-order valence-electron chi connectivity index (χ2n) is 4.81. The molecule has 0 aliphatic heterocycles. The summed E-state index contributed by atoms with van der Waals surface area (Å²) in [7, 11) is 0. The Balaban J connectivity index is 2.47. The molecule has 1 nitrogen and oxygen atoms in total. The lowest BCUT2D eigenvalue weighted by Gasteiger charge is -2.33. The largest absolute Gasteiger partial charge is 0.330 e. The molecular formula is C13H17F2N. The summed E-state index contributed by atoms with van der Waals surface area (Å²) < 4.78 is 26.5. The van der Waals surface area contributed by atoms with Crippen LogP contribution in [0.15, 0.2) is 18.2 Å². The van der Waals surface area contributed by atoms with Crippen LogP contribution < -0.4 is 5.73 Å². The Hall–Kier alpha value is -0.960. The van der Waals surface area contributed by atoms with Gasteiger partial charge in [-0.05, 0) is 36.5 Å². The summed E-state index contributed by atoms with van der Waals surface area (Å²) in [5.74, 6) is -0.637. The highest BCUT2D eigenvalue weighted by Gasteiger charge is 2.40. The third kappa shape index (κ3) is 1.73. The van der Waals surface area contributed by atoms with E-state index < -0.39 is 11.6 Å². The van der Waals surface area contributed by atoms with Crippen LogP contribution in [-0.2, 0) is 5.41 Å². The predicted molar refractivity (Wildman–Crippen MR) is 60.1 cm³/mol. The van der Waals surface area contributed by atoms with Gasteiger partial charge in [0.1, 0.15) is 11.6 Å². The zero-order valence-corrected chi connectivity index (χ0v) is 9.47. The Morgan fingerprint density at radius 2 is 1.94 bits per heavy atom. The van der Waals surface area contributed by atoms with Crippen molar-refractivity contribution >= 4 is 0 Å². The number of nitrogens with two attached hydrogens (primary N) is 1. The molecular weight excluding hydrogens is 208 g/mol. The summed E-state index contributed by atoms with van der Waals surface area (Å²) in [6.07, 6.45) is 3.08. The highest BCUT2D eigenvalue weighted by atomic mass is 19.1. The van der Waals surface area contributed by atoms with E-state index in [1.54, 1.807) is 0 Å². The SMILES string of the molecule is CC1CCCC1(CN)c1cc(F)cc(F)c1. The van der Waals surface area contributed by atoms with Gasteiger partial charge < -0.3 is 5.73 Å². The summed E-state index contributed by atoms with van der Waals surface area (Å²) in [4.78, 5) is 0. The van der Waals surface area contributed by atoms with Gasteiger partial charge in [-0.15, -0.1) is 0 Å². The van der Waals surface area contributed by atoms with Crippen molar-refractivity contribution < 1.29 is 8.78 Å². The molecule has 0 aromatic heterocycles. The Kier molecular flexibility index (Phi) is 2.98. The Morgan fingerprint density at radius 3 is 2.38 bits per heavy atom. The van der Waals surface area contributed by atoms with Crippen LogP contribution in [0.1, 0.15) is 31.7 Å². The normalized spacial score (nSPS) is 29.6. The van der Waals surface area contributed by atoms with Gasteiger partial charge in [-0.3, -0.25) is 0 Å². The van der Waals surface area contributed by atoms with E-state index >= 15 is 0 Å². The van der Waals surface area contributed by atoms with Gasteiger partial charge in [-0.2, -0.15) is 0 Å². The molecule has 1 saturated carbocycles. The van der Waals surface area contributed by atoms with Gasteiger partial charge in [0.25, 0.3) is 0 Å². The maximum absolute atomic E-state index is 13.2. The van der Waals surface area contributed by atoms with Crippen LogP contribution in [-0.4, -0.2) is 6.54 Å². The van der Waals surface area contributed by atoms with Crippen LogP contribution >= 0.6 is 0 Å². The van der Waals surface area contributed by atoms with E-state index in [0.29, 0.717) is 12.5 Å². The predicted octanol–water partition coefficient (Wildman–Crippen LogP) is 2.98. The fourth-order valence-electron chi connectivity index (χ4n) is 2.94. The van der Waals surface area contributed by atoms with Crippen molar-refractivity contribution in [3.05, 3.63) is 35.4 Å². The first-order valence-electron chi connectivity index (χ1n) is 5.75. The monoisotopic (exact) mass is 225 g/mol. The topological polar surface area (TPSA) is 26.0 Å². The minimum atomic E-state index is -0.512. The smallest absolute Gasteiger partial charge is 0.126 e. The lowest BCUT2D eigenvalue weighted by atomic mass is 9.73. The van der Waals surface area contributed by atoms with Gasteiger partial charge in [0.15, 0.2) is 0 Å². The summed E-state index contributed by atoms with van der Waals surface area (Å²) in [5, 5.41) is 0. The number of hydrogen-bond acceptors (Lipinski definition) is 1. The fraction of sp³-hybridized carbons (Fsp3) is 0.538. The van der Waals surface area contributed by atoms with E-state index in [1.807, 2.05) is 0 Å². The number of benzene rings is 1. The number of rotatable bonds is 2. The molecule has 0 radical (unpaired) electrons. The Labute approximate surface area is 94.7 Å². The first-order valence-corrected chi connectivity index (χ1v) is 5.75. The Morgan fingerprint density at radius 1 is 1.31 bits per heavy atom. The molecule has 2 N–H and O–H groups in total. The summed E-state index contributed by atoms with van der Waals surface area (Å²) in [5.41, 5.74) is 6.33. The van der Waals surface area contributed by atoms with Crippen LogP contribution in [0, 0.1) is 17.6 Å². The van der Waals surface area contributed by atoms with E-state index in [-0.39, 0.29) is 5.41 Å².